The van der Waals surface area contributed by atoms with E-state index in [0.29, 0.717) is 24.3 Å². The van der Waals surface area contributed by atoms with E-state index in [9.17, 15) is 9.18 Å². The zero-order valence-corrected chi connectivity index (χ0v) is 16.2. The molecule has 0 aliphatic carbocycles. The summed E-state index contributed by atoms with van der Waals surface area (Å²) in [5.41, 5.74) is 8.30. The van der Waals surface area contributed by atoms with Gasteiger partial charge in [0.15, 0.2) is 0 Å². The minimum Gasteiger partial charge on any atom is -0.341 e. The molecule has 2 rings (SSSR count). The van der Waals surface area contributed by atoms with Crippen molar-refractivity contribution in [2.45, 2.75) is 27.7 Å². The lowest BCUT2D eigenvalue weighted by Crippen LogP contribution is -2.40. The average molecular weight is 369 g/mol. The van der Waals surface area contributed by atoms with E-state index in [2.05, 4.69) is 5.10 Å². The van der Waals surface area contributed by atoms with E-state index in [-0.39, 0.29) is 29.5 Å². The number of hydrogen-bond donors (Lipinski definition) is 1. The number of benzene rings is 1. The maximum atomic E-state index is 13.1. The third-order valence-corrected chi connectivity index (χ3v) is 4.14. The van der Waals surface area contributed by atoms with Crippen LogP contribution in [0.3, 0.4) is 0 Å². The van der Waals surface area contributed by atoms with Crippen molar-refractivity contribution < 1.29 is 9.18 Å². The van der Waals surface area contributed by atoms with Gasteiger partial charge in [0, 0.05) is 13.6 Å². The molecule has 0 saturated heterocycles. The Hall–Kier alpha value is -1.92. The molecule has 5 nitrogen and oxygen atoms in total. The third kappa shape index (κ3) is 4.58. The molecule has 138 valence electrons. The van der Waals surface area contributed by atoms with Crippen LogP contribution < -0.4 is 5.73 Å². The molecule has 7 heteroatoms. The van der Waals surface area contributed by atoms with Crippen molar-refractivity contribution in [1.29, 1.82) is 0 Å². The Balaban J connectivity index is 0.00000312. The molecule has 0 saturated carbocycles. The zero-order valence-electron chi connectivity index (χ0n) is 15.3. The van der Waals surface area contributed by atoms with Crippen molar-refractivity contribution in [2.75, 3.05) is 20.1 Å². The van der Waals surface area contributed by atoms with Gasteiger partial charge in [0.1, 0.15) is 5.82 Å². The fraction of sp³-hybridized carbons (Fsp3) is 0.444. The summed E-state index contributed by atoms with van der Waals surface area (Å²) in [5.74, 6) is -0.389. The van der Waals surface area contributed by atoms with Crippen LogP contribution in [-0.4, -0.2) is 40.7 Å². The van der Waals surface area contributed by atoms with Crippen molar-refractivity contribution >= 4 is 18.3 Å². The van der Waals surface area contributed by atoms with Gasteiger partial charge in [-0.05, 0) is 50.1 Å². The van der Waals surface area contributed by atoms with Gasteiger partial charge in [0.2, 0.25) is 0 Å². The fourth-order valence-corrected chi connectivity index (χ4v) is 2.76. The molecule has 0 fully saturated rings. The molecule has 0 bridgehead atoms. The molecule has 1 amide bonds. The van der Waals surface area contributed by atoms with Gasteiger partial charge < -0.3 is 10.6 Å². The van der Waals surface area contributed by atoms with Crippen LogP contribution >= 0.6 is 12.4 Å². The van der Waals surface area contributed by atoms with E-state index in [1.165, 1.54) is 12.1 Å². The highest BCUT2D eigenvalue weighted by Crippen LogP contribution is 2.21. The van der Waals surface area contributed by atoms with Gasteiger partial charge in [0.05, 0.1) is 22.6 Å². The topological polar surface area (TPSA) is 64.2 Å². The number of nitrogens with two attached hydrogens (primary N) is 1. The first-order chi connectivity index (χ1) is 11.2. The Morgan fingerprint density at radius 3 is 2.36 bits per heavy atom. The third-order valence-electron chi connectivity index (χ3n) is 4.14. The summed E-state index contributed by atoms with van der Waals surface area (Å²) in [5, 5.41) is 4.45. The SMILES string of the molecule is Cc1nn(-c2ccc(F)cc2)c(C)c1C(=O)N(C)CC(C)(C)CN.Cl. The molecule has 0 aliphatic rings. The van der Waals surface area contributed by atoms with Crippen molar-refractivity contribution in [1.82, 2.24) is 14.7 Å². The zero-order chi connectivity index (χ0) is 18.1. The second-order valence-corrected chi connectivity index (χ2v) is 6.96. The molecule has 0 radical (unpaired) electrons. The minimum atomic E-state index is -0.305. The summed E-state index contributed by atoms with van der Waals surface area (Å²) in [6.07, 6.45) is 0. The summed E-state index contributed by atoms with van der Waals surface area (Å²) >= 11 is 0. The minimum absolute atomic E-state index is 0. The number of rotatable bonds is 5. The van der Waals surface area contributed by atoms with Crippen molar-refractivity contribution in [2.24, 2.45) is 11.1 Å². The maximum Gasteiger partial charge on any atom is 0.257 e. The number of carbonyl (C=O) groups is 1. The van der Waals surface area contributed by atoms with Crippen LogP contribution in [0.2, 0.25) is 0 Å². The first-order valence-electron chi connectivity index (χ1n) is 7.94. The molecule has 0 unspecified atom stereocenters. The highest BCUT2D eigenvalue weighted by atomic mass is 35.5. The lowest BCUT2D eigenvalue weighted by molar-refractivity contribution is 0.0739. The molecule has 1 aromatic carbocycles. The fourth-order valence-electron chi connectivity index (χ4n) is 2.76. The number of aromatic nitrogens is 2. The van der Waals surface area contributed by atoms with Crippen LogP contribution in [0.25, 0.3) is 5.69 Å². The summed E-state index contributed by atoms with van der Waals surface area (Å²) in [6.45, 7) is 8.76. The van der Waals surface area contributed by atoms with Crippen LogP contribution in [0.4, 0.5) is 4.39 Å². The van der Waals surface area contributed by atoms with Gasteiger partial charge >= 0.3 is 0 Å². The molecule has 0 spiro atoms. The molecule has 1 aromatic heterocycles. The molecule has 2 aromatic rings. The molecule has 0 aliphatic heterocycles. The number of amides is 1. The van der Waals surface area contributed by atoms with Gasteiger partial charge in [-0.3, -0.25) is 4.79 Å². The van der Waals surface area contributed by atoms with E-state index in [0.717, 1.165) is 11.4 Å². The van der Waals surface area contributed by atoms with Crippen LogP contribution in [0.5, 0.6) is 0 Å². The van der Waals surface area contributed by atoms with E-state index >= 15 is 0 Å². The predicted molar refractivity (Wildman–Crippen MR) is 100 cm³/mol. The highest BCUT2D eigenvalue weighted by molar-refractivity contribution is 5.96. The number of aryl methyl sites for hydroxylation is 1. The average Bonchev–Trinajstić information content (AvgIpc) is 2.82. The lowest BCUT2D eigenvalue weighted by Gasteiger charge is -2.29. The quantitative estimate of drug-likeness (QED) is 0.881. The van der Waals surface area contributed by atoms with Crippen LogP contribution in [0.15, 0.2) is 24.3 Å². The van der Waals surface area contributed by atoms with Crippen molar-refractivity contribution in [3.63, 3.8) is 0 Å². The number of nitrogens with zero attached hydrogens (tertiary/aromatic N) is 3. The van der Waals surface area contributed by atoms with E-state index in [1.807, 2.05) is 27.7 Å². The largest absolute Gasteiger partial charge is 0.341 e. The molecule has 1 heterocycles. The standard InChI is InChI=1S/C18H25FN4O.ClH/c1-12-16(17(24)22(5)11-18(3,4)10-20)13(2)23(21-12)15-8-6-14(19)7-9-15;/h6-9H,10-11,20H2,1-5H3;1H. The van der Waals surface area contributed by atoms with Crippen LogP contribution in [0.1, 0.15) is 35.6 Å². The monoisotopic (exact) mass is 368 g/mol. The van der Waals surface area contributed by atoms with Gasteiger partial charge in [0.25, 0.3) is 5.91 Å². The molecular weight excluding hydrogens is 343 g/mol. The molecule has 2 N–H and O–H groups in total. The smallest absolute Gasteiger partial charge is 0.257 e. The van der Waals surface area contributed by atoms with Gasteiger partial charge in [-0.25, -0.2) is 9.07 Å². The first-order valence-corrected chi connectivity index (χ1v) is 7.94. The number of halogens is 2. The Morgan fingerprint density at radius 2 is 1.84 bits per heavy atom. The Bertz CT molecular complexity index is 740. The van der Waals surface area contributed by atoms with Crippen LogP contribution in [-0.2, 0) is 0 Å². The Kier molecular flexibility index (Phi) is 6.74. The predicted octanol–water partition coefficient (Wildman–Crippen LogP) is 3.11. The van der Waals surface area contributed by atoms with E-state index < -0.39 is 0 Å². The Labute approximate surface area is 154 Å². The second-order valence-electron chi connectivity index (χ2n) is 6.96. The summed E-state index contributed by atoms with van der Waals surface area (Å²) < 4.78 is 14.8. The van der Waals surface area contributed by atoms with Gasteiger partial charge in [-0.1, -0.05) is 13.8 Å². The summed E-state index contributed by atoms with van der Waals surface area (Å²) in [6, 6.07) is 6.04. The van der Waals surface area contributed by atoms with Gasteiger partial charge in [-0.15, -0.1) is 12.4 Å². The van der Waals surface area contributed by atoms with Crippen LogP contribution in [0, 0.1) is 25.1 Å². The Morgan fingerprint density at radius 1 is 1.28 bits per heavy atom. The van der Waals surface area contributed by atoms with E-state index in [1.54, 1.807) is 28.8 Å². The van der Waals surface area contributed by atoms with E-state index in [4.69, 9.17) is 5.73 Å². The number of hydrogen-bond acceptors (Lipinski definition) is 3. The van der Waals surface area contributed by atoms with Gasteiger partial charge in [-0.2, -0.15) is 5.10 Å². The molecule has 25 heavy (non-hydrogen) atoms. The van der Waals surface area contributed by atoms with Crippen molar-refractivity contribution in [3.05, 3.63) is 47.0 Å². The highest BCUT2D eigenvalue weighted by Gasteiger charge is 2.26. The first kappa shape index (κ1) is 21.1. The molecular formula is C18H26ClFN4O. The summed E-state index contributed by atoms with van der Waals surface area (Å²) in [7, 11) is 1.77. The maximum absolute atomic E-state index is 13.1. The molecule has 0 atom stereocenters. The normalized spacial score (nSPS) is 11.2. The second kappa shape index (κ2) is 7.97. The van der Waals surface area contributed by atoms with Crippen molar-refractivity contribution in [3.8, 4) is 5.69 Å². The summed E-state index contributed by atoms with van der Waals surface area (Å²) in [4.78, 5) is 14.5. The lowest BCUT2D eigenvalue weighted by atomic mass is 9.93. The number of carbonyl (C=O) groups excluding carboxylic acids is 1.